The summed E-state index contributed by atoms with van der Waals surface area (Å²) in [5.41, 5.74) is 8.69. The molecule has 42 heavy (non-hydrogen) atoms. The first-order chi connectivity index (χ1) is 20.5. The maximum absolute atomic E-state index is 14.8. The maximum atomic E-state index is 14.8. The van der Waals surface area contributed by atoms with Crippen LogP contribution in [0.5, 0.6) is 0 Å². The van der Waals surface area contributed by atoms with E-state index in [9.17, 15) is 4.39 Å². The van der Waals surface area contributed by atoms with E-state index >= 15 is 0 Å². The number of nitrogens with zero attached hydrogens (tertiary/aromatic N) is 6. The average Bonchev–Trinajstić information content (AvgIpc) is 3.76. The van der Waals surface area contributed by atoms with Crippen molar-refractivity contribution in [2.45, 2.75) is 25.7 Å². The van der Waals surface area contributed by atoms with E-state index in [1.54, 1.807) is 24.5 Å². The highest BCUT2D eigenvalue weighted by Gasteiger charge is 2.17. The average molecular weight is 561 g/mol. The molecule has 2 N–H and O–H groups in total. The zero-order valence-corrected chi connectivity index (χ0v) is 23.9. The van der Waals surface area contributed by atoms with Gasteiger partial charge >= 0.3 is 0 Å². The molecule has 6 heterocycles. The molecule has 1 saturated heterocycles. The van der Waals surface area contributed by atoms with Crippen molar-refractivity contribution in [3.8, 4) is 33.9 Å². The Morgan fingerprint density at radius 1 is 0.881 bits per heavy atom. The summed E-state index contributed by atoms with van der Waals surface area (Å²) in [5, 5.41) is 9.62. The first-order valence-electron chi connectivity index (χ1n) is 14.5. The highest BCUT2D eigenvalue weighted by molar-refractivity contribution is 6.00. The molecule has 9 heteroatoms. The number of likely N-dealkylation sites (tertiary alicyclic amines) is 1. The van der Waals surface area contributed by atoms with Gasteiger partial charge in [-0.1, -0.05) is 0 Å². The number of aromatic nitrogens is 6. The Kier molecular flexibility index (Phi) is 6.87. The lowest BCUT2D eigenvalue weighted by Crippen LogP contribution is -2.20. The molecule has 1 aliphatic rings. The van der Waals surface area contributed by atoms with E-state index in [-0.39, 0.29) is 5.82 Å². The highest BCUT2D eigenvalue weighted by Crippen LogP contribution is 2.34. The van der Waals surface area contributed by atoms with Crippen LogP contribution in [0, 0.1) is 5.82 Å². The van der Waals surface area contributed by atoms with Gasteiger partial charge in [-0.15, -0.1) is 0 Å². The van der Waals surface area contributed by atoms with Crippen molar-refractivity contribution in [2.75, 3.05) is 38.6 Å². The molecule has 212 valence electrons. The van der Waals surface area contributed by atoms with Crippen molar-refractivity contribution >= 4 is 27.5 Å². The van der Waals surface area contributed by atoms with E-state index < -0.39 is 0 Å². The fraction of sp³-hybridized carbons (Fsp3) is 0.273. The summed E-state index contributed by atoms with van der Waals surface area (Å²) in [6, 6.07) is 13.4. The third-order valence-corrected chi connectivity index (χ3v) is 8.16. The van der Waals surface area contributed by atoms with Crippen molar-refractivity contribution in [3.63, 3.8) is 0 Å². The van der Waals surface area contributed by atoms with Gasteiger partial charge in [0.2, 0.25) is 0 Å². The summed E-state index contributed by atoms with van der Waals surface area (Å²) in [4.78, 5) is 21.8. The normalized spacial score (nSPS) is 13.9. The Labute approximate surface area is 243 Å². The van der Waals surface area contributed by atoms with Crippen LogP contribution in [-0.2, 0) is 6.42 Å². The summed E-state index contributed by atoms with van der Waals surface area (Å²) in [6.07, 6.45) is 11.7. The van der Waals surface area contributed by atoms with Gasteiger partial charge in [0.15, 0.2) is 0 Å². The van der Waals surface area contributed by atoms with Crippen LogP contribution in [-0.4, -0.2) is 68.8 Å². The van der Waals surface area contributed by atoms with Crippen LogP contribution >= 0.6 is 0 Å². The molecule has 7 rings (SSSR count). The number of H-pyrrole nitrogens is 2. The summed E-state index contributed by atoms with van der Waals surface area (Å²) >= 11 is 0. The van der Waals surface area contributed by atoms with Crippen molar-refractivity contribution in [1.82, 2.24) is 35.0 Å². The number of rotatable bonds is 8. The van der Waals surface area contributed by atoms with Crippen LogP contribution in [0.2, 0.25) is 0 Å². The van der Waals surface area contributed by atoms with Crippen molar-refractivity contribution in [2.24, 2.45) is 0 Å². The molecule has 1 fully saturated rings. The van der Waals surface area contributed by atoms with Crippen molar-refractivity contribution < 1.29 is 4.39 Å². The molecule has 0 bridgehead atoms. The Balaban J connectivity index is 1.22. The van der Waals surface area contributed by atoms with E-state index in [1.165, 1.54) is 25.9 Å². The van der Waals surface area contributed by atoms with Gasteiger partial charge in [-0.3, -0.25) is 20.1 Å². The molecule has 1 aromatic carbocycles. The number of benzene rings is 1. The second-order valence-corrected chi connectivity index (χ2v) is 11.3. The predicted molar refractivity (Wildman–Crippen MR) is 166 cm³/mol. The minimum Gasteiger partial charge on any atom is -0.376 e. The van der Waals surface area contributed by atoms with E-state index in [0.29, 0.717) is 0 Å². The van der Waals surface area contributed by atoms with Gasteiger partial charge < -0.3 is 14.8 Å². The van der Waals surface area contributed by atoms with Gasteiger partial charge in [0, 0.05) is 53.9 Å². The molecule has 6 aromatic rings. The van der Waals surface area contributed by atoms with Gasteiger partial charge in [0.1, 0.15) is 11.5 Å². The molecule has 0 radical (unpaired) electrons. The molecular weight excluding hydrogens is 527 g/mol. The minimum absolute atomic E-state index is 0.232. The SMILES string of the molecule is CN(C)c1cncc(-c2cc3c(-c4cc5c(-c6cc(F)cc(CCCN7CCCC7)c6)nccc5[nH]4)n[nH]c3cn2)c1. The molecule has 0 spiro atoms. The maximum Gasteiger partial charge on any atom is 0.124 e. The largest absolute Gasteiger partial charge is 0.376 e. The van der Waals surface area contributed by atoms with Crippen LogP contribution in [0.25, 0.3) is 55.7 Å². The van der Waals surface area contributed by atoms with Crippen LogP contribution < -0.4 is 4.90 Å². The lowest BCUT2D eigenvalue weighted by Gasteiger charge is -2.14. The van der Waals surface area contributed by atoms with Gasteiger partial charge in [-0.05, 0) is 93.3 Å². The summed E-state index contributed by atoms with van der Waals surface area (Å²) in [5.74, 6) is -0.232. The number of hydrogen-bond acceptors (Lipinski definition) is 6. The number of hydrogen-bond donors (Lipinski definition) is 2. The van der Waals surface area contributed by atoms with Crippen LogP contribution in [0.4, 0.5) is 10.1 Å². The molecule has 1 aliphatic heterocycles. The zero-order chi connectivity index (χ0) is 28.6. The number of aryl methyl sites for hydroxylation is 1. The van der Waals surface area contributed by atoms with Crippen LogP contribution in [0.3, 0.4) is 0 Å². The number of halogens is 1. The molecule has 5 aromatic heterocycles. The standard InChI is InChI=1S/C33H33FN8/c1-41(2)25-15-23(18-35-19-25)29-16-27-31(20-37-29)39-40-33(27)30-17-26-28(38-30)7-8-36-32(26)22-12-21(13-24(34)14-22)6-5-11-42-9-3-4-10-42/h7-8,12-20,38H,3-6,9-11H2,1-2H3,(H,39,40). The number of pyridine rings is 3. The molecule has 0 amide bonds. The second kappa shape index (κ2) is 11.0. The lowest BCUT2D eigenvalue weighted by atomic mass is 10.0. The Bertz CT molecular complexity index is 1880. The topological polar surface area (TPSA) is 89.6 Å². The van der Waals surface area contributed by atoms with Gasteiger partial charge in [0.25, 0.3) is 0 Å². The third-order valence-electron chi connectivity index (χ3n) is 8.16. The quantitative estimate of drug-likeness (QED) is 0.222. The first kappa shape index (κ1) is 26.3. The van der Waals surface area contributed by atoms with E-state index in [2.05, 4.69) is 48.2 Å². The lowest BCUT2D eigenvalue weighted by molar-refractivity contribution is 0.334. The smallest absolute Gasteiger partial charge is 0.124 e. The van der Waals surface area contributed by atoms with Crippen molar-refractivity contribution in [1.29, 1.82) is 0 Å². The Morgan fingerprint density at radius 2 is 1.74 bits per heavy atom. The molecule has 0 unspecified atom stereocenters. The Morgan fingerprint density at radius 3 is 2.60 bits per heavy atom. The fourth-order valence-electron chi connectivity index (χ4n) is 5.95. The molecule has 0 saturated carbocycles. The van der Waals surface area contributed by atoms with Crippen LogP contribution in [0.15, 0.2) is 67.3 Å². The van der Waals surface area contributed by atoms with E-state index in [4.69, 9.17) is 4.98 Å². The molecule has 0 aliphatic carbocycles. The number of nitrogens with one attached hydrogen (secondary N) is 2. The van der Waals surface area contributed by atoms with Gasteiger partial charge in [0.05, 0.1) is 40.7 Å². The second-order valence-electron chi connectivity index (χ2n) is 11.3. The highest BCUT2D eigenvalue weighted by atomic mass is 19.1. The van der Waals surface area contributed by atoms with Gasteiger partial charge in [-0.2, -0.15) is 5.10 Å². The number of anilines is 1. The Hall–Kier alpha value is -4.63. The fourth-order valence-corrected chi connectivity index (χ4v) is 5.95. The molecule has 8 nitrogen and oxygen atoms in total. The molecule has 0 atom stereocenters. The van der Waals surface area contributed by atoms with Gasteiger partial charge in [-0.25, -0.2) is 4.39 Å². The number of aromatic amines is 2. The first-order valence-corrected chi connectivity index (χ1v) is 14.5. The zero-order valence-electron chi connectivity index (χ0n) is 23.9. The van der Waals surface area contributed by atoms with E-state index in [0.717, 1.165) is 86.3 Å². The van der Waals surface area contributed by atoms with E-state index in [1.807, 2.05) is 43.5 Å². The monoisotopic (exact) mass is 560 g/mol. The van der Waals surface area contributed by atoms with Crippen molar-refractivity contribution in [3.05, 3.63) is 78.6 Å². The predicted octanol–water partition coefficient (Wildman–Crippen LogP) is 6.46. The third kappa shape index (κ3) is 5.12. The summed E-state index contributed by atoms with van der Waals surface area (Å²) in [7, 11) is 3.98. The minimum atomic E-state index is -0.232. The summed E-state index contributed by atoms with van der Waals surface area (Å²) in [6.45, 7) is 3.42. The van der Waals surface area contributed by atoms with Crippen LogP contribution in [0.1, 0.15) is 24.8 Å². The number of fused-ring (bicyclic) bond motifs is 2. The summed E-state index contributed by atoms with van der Waals surface area (Å²) < 4.78 is 14.8. The molecular formula is C33H33FN8.